The second-order valence-electron chi connectivity index (χ2n) is 8.76. The van der Waals surface area contributed by atoms with Crippen LogP contribution in [0.4, 0.5) is 4.39 Å². The predicted molar refractivity (Wildman–Crippen MR) is 134 cm³/mol. The van der Waals surface area contributed by atoms with Crippen molar-refractivity contribution in [3.8, 4) is 22.4 Å². The Balaban J connectivity index is 1.97. The average Bonchev–Trinajstić information content (AvgIpc) is 2.79. The van der Waals surface area contributed by atoms with Crippen LogP contribution in [0.1, 0.15) is 43.0 Å². The van der Waals surface area contributed by atoms with Gasteiger partial charge in [-0.05, 0) is 57.9 Å². The Morgan fingerprint density at radius 1 is 1.11 bits per heavy atom. The SMILES string of the molecule is Cc1cc(F)ccc1-c1cc(-c2ccccc2)nc(C(C)C)c1CCOC(=O)CC(O)C[P+](=O)O. The van der Waals surface area contributed by atoms with Crippen LogP contribution in [0.25, 0.3) is 22.4 Å². The normalized spacial score (nSPS) is 12.5. The molecule has 0 bridgehead atoms. The van der Waals surface area contributed by atoms with E-state index in [9.17, 15) is 18.9 Å². The Labute approximate surface area is 205 Å². The summed E-state index contributed by atoms with van der Waals surface area (Å²) in [7, 11) is -2.53. The summed E-state index contributed by atoms with van der Waals surface area (Å²) in [4.78, 5) is 25.9. The van der Waals surface area contributed by atoms with Crippen molar-refractivity contribution >= 4 is 14.0 Å². The molecule has 8 heteroatoms. The van der Waals surface area contributed by atoms with E-state index < -0.39 is 20.1 Å². The van der Waals surface area contributed by atoms with Gasteiger partial charge in [-0.2, -0.15) is 4.89 Å². The summed E-state index contributed by atoms with van der Waals surface area (Å²) in [5.74, 6) is -0.883. The molecule has 2 aromatic carbocycles. The van der Waals surface area contributed by atoms with E-state index in [2.05, 4.69) is 0 Å². The summed E-state index contributed by atoms with van der Waals surface area (Å²) in [5, 5.41) is 9.72. The number of hydrogen-bond acceptors (Lipinski definition) is 5. The van der Waals surface area contributed by atoms with Crippen LogP contribution in [0.2, 0.25) is 0 Å². The number of pyridine rings is 1. The number of aliphatic hydroxyl groups is 1. The summed E-state index contributed by atoms with van der Waals surface area (Å²) in [6.07, 6.45) is -1.58. The van der Waals surface area contributed by atoms with Gasteiger partial charge in [0.2, 0.25) is 6.16 Å². The molecule has 35 heavy (non-hydrogen) atoms. The van der Waals surface area contributed by atoms with Crippen LogP contribution in [-0.2, 0) is 20.5 Å². The molecule has 2 N–H and O–H groups in total. The maximum Gasteiger partial charge on any atom is 0.508 e. The molecule has 0 aliphatic rings. The molecule has 2 unspecified atom stereocenters. The van der Waals surface area contributed by atoms with Crippen molar-refractivity contribution in [1.29, 1.82) is 0 Å². The zero-order chi connectivity index (χ0) is 25.5. The van der Waals surface area contributed by atoms with Gasteiger partial charge in [0, 0.05) is 17.7 Å². The van der Waals surface area contributed by atoms with Gasteiger partial charge in [0.1, 0.15) is 11.9 Å². The lowest BCUT2D eigenvalue weighted by Crippen LogP contribution is -2.19. The molecule has 6 nitrogen and oxygen atoms in total. The monoisotopic (exact) mass is 498 g/mol. The lowest BCUT2D eigenvalue weighted by atomic mass is 9.89. The van der Waals surface area contributed by atoms with Crippen LogP contribution < -0.4 is 0 Å². The van der Waals surface area contributed by atoms with Crippen LogP contribution in [0.3, 0.4) is 0 Å². The number of benzene rings is 2. The summed E-state index contributed by atoms with van der Waals surface area (Å²) >= 11 is 0. The lowest BCUT2D eigenvalue weighted by molar-refractivity contribution is -0.145. The molecule has 0 amide bonds. The van der Waals surface area contributed by atoms with Crippen molar-refractivity contribution in [2.45, 2.75) is 45.6 Å². The standard InChI is InChI=1S/C27H29FNO5P/c1-17(2)27-23(11-12-34-26(31)14-21(30)16-35(32)33)24(22-10-9-20(28)13-18(22)3)15-25(29-27)19-7-5-4-6-8-19/h4-10,13,15,17,21,30H,11-12,14,16H2,1-3H3/p+1. The number of ether oxygens (including phenoxy) is 1. The molecule has 0 spiro atoms. The van der Waals surface area contributed by atoms with Crippen molar-refractivity contribution in [3.63, 3.8) is 0 Å². The van der Waals surface area contributed by atoms with Crippen LogP contribution >= 0.6 is 8.03 Å². The minimum Gasteiger partial charge on any atom is -0.465 e. The quantitative estimate of drug-likeness (QED) is 0.281. The van der Waals surface area contributed by atoms with Crippen molar-refractivity contribution < 1.29 is 28.5 Å². The number of carbonyl (C=O) groups is 1. The first kappa shape index (κ1) is 26.6. The largest absolute Gasteiger partial charge is 0.508 e. The molecule has 1 aromatic heterocycles. The van der Waals surface area contributed by atoms with Crippen molar-refractivity contribution in [2.24, 2.45) is 0 Å². The predicted octanol–water partition coefficient (Wildman–Crippen LogP) is 5.56. The highest BCUT2D eigenvalue weighted by atomic mass is 31.1. The number of nitrogens with zero attached hydrogens (tertiary/aromatic N) is 1. The fourth-order valence-electron chi connectivity index (χ4n) is 4.02. The second kappa shape index (κ2) is 12.1. The van der Waals surface area contributed by atoms with Crippen LogP contribution in [0.15, 0.2) is 54.6 Å². The molecular formula is C27H30FNO5P+. The number of halogens is 1. The van der Waals surface area contributed by atoms with Crippen LogP contribution in [0.5, 0.6) is 0 Å². The Morgan fingerprint density at radius 3 is 2.46 bits per heavy atom. The summed E-state index contributed by atoms with van der Waals surface area (Å²) in [6, 6.07) is 16.5. The minimum atomic E-state index is -2.53. The number of carbonyl (C=O) groups excluding carboxylic acids is 1. The Hall–Kier alpha value is -2.99. The third kappa shape index (κ3) is 7.25. The summed E-state index contributed by atoms with van der Waals surface area (Å²) in [6.45, 7) is 5.99. The van der Waals surface area contributed by atoms with Crippen molar-refractivity contribution in [2.75, 3.05) is 12.8 Å². The van der Waals surface area contributed by atoms with Gasteiger partial charge in [0.15, 0.2) is 0 Å². The van der Waals surface area contributed by atoms with E-state index in [-0.39, 0.29) is 30.9 Å². The van der Waals surface area contributed by atoms with Gasteiger partial charge in [0.25, 0.3) is 0 Å². The zero-order valence-corrected chi connectivity index (χ0v) is 21.0. The maximum atomic E-state index is 13.9. The van der Waals surface area contributed by atoms with Gasteiger partial charge < -0.3 is 9.84 Å². The van der Waals surface area contributed by atoms with Gasteiger partial charge in [-0.15, -0.1) is 0 Å². The van der Waals surface area contributed by atoms with E-state index in [4.69, 9.17) is 14.6 Å². The van der Waals surface area contributed by atoms with Crippen LogP contribution in [0, 0.1) is 12.7 Å². The fourth-order valence-corrected chi connectivity index (χ4v) is 4.51. The van der Waals surface area contributed by atoms with Crippen LogP contribution in [-0.4, -0.2) is 39.8 Å². The molecule has 3 aromatic rings. The molecule has 1 heterocycles. The Morgan fingerprint density at radius 2 is 1.83 bits per heavy atom. The first-order chi connectivity index (χ1) is 16.7. The third-order valence-electron chi connectivity index (χ3n) is 5.64. The molecule has 0 saturated carbocycles. The Bertz CT molecular complexity index is 1200. The van der Waals surface area contributed by atoms with Gasteiger partial charge in [-0.1, -0.05) is 50.2 Å². The number of rotatable bonds is 10. The molecule has 184 valence electrons. The number of aromatic nitrogens is 1. The molecule has 0 aliphatic heterocycles. The third-order valence-corrected chi connectivity index (χ3v) is 6.37. The van der Waals surface area contributed by atoms with E-state index in [1.807, 2.05) is 57.2 Å². The molecule has 0 fully saturated rings. The van der Waals surface area contributed by atoms with Gasteiger partial charge in [-0.3, -0.25) is 9.78 Å². The Kier molecular flexibility index (Phi) is 9.21. The van der Waals surface area contributed by atoms with Gasteiger partial charge in [0.05, 0.1) is 18.7 Å². The van der Waals surface area contributed by atoms with Gasteiger partial charge in [-0.25, -0.2) is 4.39 Å². The topological polar surface area (TPSA) is 96.7 Å². The minimum absolute atomic E-state index is 0.0517. The van der Waals surface area contributed by atoms with E-state index in [1.54, 1.807) is 6.07 Å². The number of aryl methyl sites for hydroxylation is 1. The van der Waals surface area contributed by atoms with E-state index in [0.717, 1.165) is 39.2 Å². The summed E-state index contributed by atoms with van der Waals surface area (Å²) < 4.78 is 30.0. The van der Waals surface area contributed by atoms with E-state index >= 15 is 0 Å². The van der Waals surface area contributed by atoms with E-state index in [1.165, 1.54) is 12.1 Å². The second-order valence-corrected chi connectivity index (χ2v) is 9.83. The van der Waals surface area contributed by atoms with Gasteiger partial charge >= 0.3 is 14.0 Å². The molecule has 3 rings (SSSR count). The average molecular weight is 499 g/mol. The number of aliphatic hydroxyl groups excluding tert-OH is 1. The lowest BCUT2D eigenvalue weighted by Gasteiger charge is -2.20. The van der Waals surface area contributed by atoms with Crippen molar-refractivity contribution in [1.82, 2.24) is 4.98 Å². The molecule has 0 radical (unpaired) electrons. The highest BCUT2D eigenvalue weighted by Gasteiger charge is 2.23. The zero-order valence-electron chi connectivity index (χ0n) is 20.1. The highest BCUT2D eigenvalue weighted by molar-refractivity contribution is 7.38. The number of esters is 1. The van der Waals surface area contributed by atoms with E-state index in [0.29, 0.717) is 6.42 Å². The summed E-state index contributed by atoms with van der Waals surface area (Å²) in [5.41, 5.74) is 6.08. The molecular weight excluding hydrogens is 468 g/mol. The molecule has 0 saturated heterocycles. The van der Waals surface area contributed by atoms with Crippen molar-refractivity contribution in [3.05, 3.63) is 77.2 Å². The fraction of sp³-hybridized carbons (Fsp3) is 0.333. The smallest absolute Gasteiger partial charge is 0.465 e. The first-order valence-electron chi connectivity index (χ1n) is 11.5. The maximum absolute atomic E-state index is 13.9. The molecule has 2 atom stereocenters. The first-order valence-corrected chi connectivity index (χ1v) is 12.9. The highest BCUT2D eigenvalue weighted by Crippen LogP contribution is 2.35. The molecule has 0 aliphatic carbocycles. The number of hydrogen-bond donors (Lipinski definition) is 2.